The van der Waals surface area contributed by atoms with Crippen LogP contribution in [0.15, 0.2) is 18.2 Å². The standard InChI is InChI=1S/C13H16FN3O3/c1-15-11-2-4-16(5-3-11)13(18)9-6-10(14)8-12(7-9)17(19)20/h6-8,11,15H,2-5H2,1H3. The number of likely N-dealkylation sites (tertiary alicyclic amines) is 1. The Morgan fingerprint density at radius 2 is 2.05 bits per heavy atom. The minimum Gasteiger partial charge on any atom is -0.339 e. The minimum atomic E-state index is -0.771. The molecule has 2 rings (SSSR count). The molecule has 0 bridgehead atoms. The van der Waals surface area contributed by atoms with Crippen molar-refractivity contribution >= 4 is 11.6 Å². The number of benzene rings is 1. The van der Waals surface area contributed by atoms with E-state index >= 15 is 0 Å². The number of nitro groups is 1. The summed E-state index contributed by atoms with van der Waals surface area (Å²) in [6.07, 6.45) is 1.64. The highest BCUT2D eigenvalue weighted by Crippen LogP contribution is 2.19. The van der Waals surface area contributed by atoms with Gasteiger partial charge in [-0.05, 0) is 26.0 Å². The Kier molecular flexibility index (Phi) is 4.29. The number of halogens is 1. The average Bonchev–Trinajstić information content (AvgIpc) is 2.46. The summed E-state index contributed by atoms with van der Waals surface area (Å²) >= 11 is 0. The van der Waals surface area contributed by atoms with Crippen molar-refractivity contribution in [3.63, 3.8) is 0 Å². The van der Waals surface area contributed by atoms with Crippen LogP contribution in [-0.4, -0.2) is 41.9 Å². The number of carbonyl (C=O) groups is 1. The summed E-state index contributed by atoms with van der Waals surface area (Å²) in [6, 6.07) is 3.35. The van der Waals surface area contributed by atoms with Crippen LogP contribution in [0.2, 0.25) is 0 Å². The van der Waals surface area contributed by atoms with Gasteiger partial charge in [0.15, 0.2) is 0 Å². The van der Waals surface area contributed by atoms with E-state index < -0.39 is 16.4 Å². The van der Waals surface area contributed by atoms with Crippen LogP contribution >= 0.6 is 0 Å². The smallest absolute Gasteiger partial charge is 0.273 e. The number of rotatable bonds is 3. The fraction of sp³-hybridized carbons (Fsp3) is 0.462. The number of amides is 1. The number of piperidine rings is 1. The molecule has 0 saturated carbocycles. The maximum atomic E-state index is 13.3. The van der Waals surface area contributed by atoms with Crippen LogP contribution in [-0.2, 0) is 0 Å². The molecule has 1 saturated heterocycles. The zero-order chi connectivity index (χ0) is 14.7. The largest absolute Gasteiger partial charge is 0.339 e. The highest BCUT2D eigenvalue weighted by molar-refractivity contribution is 5.95. The monoisotopic (exact) mass is 281 g/mol. The molecule has 0 radical (unpaired) electrons. The van der Waals surface area contributed by atoms with Crippen LogP contribution in [0.4, 0.5) is 10.1 Å². The van der Waals surface area contributed by atoms with E-state index in [1.807, 2.05) is 7.05 Å². The molecule has 7 heteroatoms. The average molecular weight is 281 g/mol. The Hall–Kier alpha value is -2.02. The first-order chi connectivity index (χ1) is 9.51. The number of hydrogen-bond donors (Lipinski definition) is 1. The van der Waals surface area contributed by atoms with Crippen LogP contribution in [0.5, 0.6) is 0 Å². The summed E-state index contributed by atoms with van der Waals surface area (Å²) < 4.78 is 13.3. The molecule has 0 spiro atoms. The predicted molar refractivity (Wildman–Crippen MR) is 71.0 cm³/mol. The zero-order valence-corrected chi connectivity index (χ0v) is 11.1. The lowest BCUT2D eigenvalue weighted by molar-refractivity contribution is -0.385. The van der Waals surface area contributed by atoms with Crippen molar-refractivity contribution in [3.05, 3.63) is 39.7 Å². The fourth-order valence-electron chi connectivity index (χ4n) is 2.36. The molecule has 0 aliphatic carbocycles. The number of non-ortho nitro benzene ring substituents is 1. The normalized spacial score (nSPS) is 16.2. The first kappa shape index (κ1) is 14.4. The summed E-state index contributed by atoms with van der Waals surface area (Å²) in [5.41, 5.74) is -0.377. The molecule has 1 N–H and O–H groups in total. The van der Waals surface area contributed by atoms with Gasteiger partial charge in [-0.2, -0.15) is 0 Å². The molecule has 1 aromatic carbocycles. The lowest BCUT2D eigenvalue weighted by Gasteiger charge is -2.31. The third-order valence-corrected chi connectivity index (χ3v) is 3.53. The van der Waals surface area contributed by atoms with Gasteiger partial charge in [0.25, 0.3) is 11.6 Å². The van der Waals surface area contributed by atoms with Crippen LogP contribution in [0.3, 0.4) is 0 Å². The number of nitro benzene ring substituents is 1. The van der Waals surface area contributed by atoms with E-state index in [9.17, 15) is 19.3 Å². The summed E-state index contributed by atoms with van der Waals surface area (Å²) in [5, 5.41) is 13.8. The molecule has 108 valence electrons. The second-order valence-corrected chi connectivity index (χ2v) is 4.81. The van der Waals surface area contributed by atoms with Crippen molar-refractivity contribution < 1.29 is 14.1 Å². The topological polar surface area (TPSA) is 75.5 Å². The molecular formula is C13H16FN3O3. The van der Waals surface area contributed by atoms with E-state index in [4.69, 9.17) is 0 Å². The Morgan fingerprint density at radius 3 is 2.60 bits per heavy atom. The quantitative estimate of drug-likeness (QED) is 0.674. The maximum absolute atomic E-state index is 13.3. The lowest BCUT2D eigenvalue weighted by Crippen LogP contribution is -2.44. The molecule has 0 aromatic heterocycles. The van der Waals surface area contributed by atoms with E-state index in [0.717, 1.165) is 31.0 Å². The molecule has 0 atom stereocenters. The highest BCUT2D eigenvalue weighted by atomic mass is 19.1. The number of nitrogens with zero attached hydrogens (tertiary/aromatic N) is 2. The van der Waals surface area contributed by atoms with Crippen LogP contribution in [0.25, 0.3) is 0 Å². The molecule has 1 fully saturated rings. The van der Waals surface area contributed by atoms with E-state index in [1.165, 1.54) is 0 Å². The van der Waals surface area contributed by atoms with Gasteiger partial charge in [0.05, 0.1) is 11.0 Å². The fourth-order valence-corrected chi connectivity index (χ4v) is 2.36. The van der Waals surface area contributed by atoms with E-state index in [-0.39, 0.29) is 11.5 Å². The second-order valence-electron chi connectivity index (χ2n) is 4.81. The van der Waals surface area contributed by atoms with Gasteiger partial charge in [0.2, 0.25) is 0 Å². The first-order valence-corrected chi connectivity index (χ1v) is 6.43. The lowest BCUT2D eigenvalue weighted by atomic mass is 10.0. The van der Waals surface area contributed by atoms with Gasteiger partial charge < -0.3 is 10.2 Å². The van der Waals surface area contributed by atoms with Gasteiger partial charge in [0, 0.05) is 30.8 Å². The molecule has 1 aromatic rings. The van der Waals surface area contributed by atoms with Gasteiger partial charge in [-0.15, -0.1) is 0 Å². The third kappa shape index (κ3) is 3.11. The summed E-state index contributed by atoms with van der Waals surface area (Å²) in [5.74, 6) is -1.13. The first-order valence-electron chi connectivity index (χ1n) is 6.43. The zero-order valence-electron chi connectivity index (χ0n) is 11.1. The number of carbonyl (C=O) groups excluding carboxylic acids is 1. The summed E-state index contributed by atoms with van der Waals surface area (Å²) in [4.78, 5) is 23.8. The van der Waals surface area contributed by atoms with Crippen LogP contribution in [0, 0.1) is 15.9 Å². The van der Waals surface area contributed by atoms with E-state index in [0.29, 0.717) is 19.1 Å². The van der Waals surface area contributed by atoms with Gasteiger partial charge in [-0.1, -0.05) is 0 Å². The Bertz CT molecular complexity index is 528. The molecule has 1 amide bonds. The summed E-state index contributed by atoms with van der Waals surface area (Å²) in [6.45, 7) is 1.13. The van der Waals surface area contributed by atoms with Crippen molar-refractivity contribution in [2.75, 3.05) is 20.1 Å². The Labute approximate surface area is 115 Å². The van der Waals surface area contributed by atoms with Gasteiger partial charge in [-0.3, -0.25) is 14.9 Å². The van der Waals surface area contributed by atoms with Crippen molar-refractivity contribution in [2.45, 2.75) is 18.9 Å². The maximum Gasteiger partial charge on any atom is 0.273 e. The van der Waals surface area contributed by atoms with Crippen LogP contribution in [0.1, 0.15) is 23.2 Å². The van der Waals surface area contributed by atoms with Crippen LogP contribution < -0.4 is 5.32 Å². The van der Waals surface area contributed by atoms with E-state index in [1.54, 1.807) is 4.90 Å². The number of hydrogen-bond acceptors (Lipinski definition) is 4. The minimum absolute atomic E-state index is 0.0274. The van der Waals surface area contributed by atoms with Crippen molar-refractivity contribution in [3.8, 4) is 0 Å². The van der Waals surface area contributed by atoms with Crippen molar-refractivity contribution in [2.24, 2.45) is 0 Å². The van der Waals surface area contributed by atoms with Gasteiger partial charge in [-0.25, -0.2) is 4.39 Å². The Morgan fingerprint density at radius 1 is 1.40 bits per heavy atom. The molecule has 6 nitrogen and oxygen atoms in total. The van der Waals surface area contributed by atoms with Crippen molar-refractivity contribution in [1.29, 1.82) is 0 Å². The number of nitrogens with one attached hydrogen (secondary N) is 1. The van der Waals surface area contributed by atoms with Gasteiger partial charge in [0.1, 0.15) is 5.82 Å². The Balaban J connectivity index is 2.15. The molecule has 1 aliphatic rings. The second kappa shape index (κ2) is 5.96. The molecular weight excluding hydrogens is 265 g/mol. The molecule has 20 heavy (non-hydrogen) atoms. The van der Waals surface area contributed by atoms with Gasteiger partial charge >= 0.3 is 0 Å². The third-order valence-electron chi connectivity index (χ3n) is 3.53. The van der Waals surface area contributed by atoms with E-state index in [2.05, 4.69) is 5.32 Å². The predicted octanol–water partition coefficient (Wildman–Crippen LogP) is 1.56. The highest BCUT2D eigenvalue weighted by Gasteiger charge is 2.24. The van der Waals surface area contributed by atoms with Crippen molar-refractivity contribution in [1.82, 2.24) is 10.2 Å². The molecule has 1 heterocycles. The molecule has 1 aliphatic heterocycles. The molecule has 0 unspecified atom stereocenters. The summed E-state index contributed by atoms with van der Waals surface area (Å²) in [7, 11) is 1.87. The SMILES string of the molecule is CNC1CCN(C(=O)c2cc(F)cc([N+](=O)[O-])c2)CC1.